The number of benzene rings is 1. The van der Waals surface area contributed by atoms with Gasteiger partial charge in [-0.15, -0.1) is 5.10 Å². The number of carbonyl (C=O) groups is 1. The number of rotatable bonds is 6. The van der Waals surface area contributed by atoms with E-state index in [1.807, 2.05) is 31.2 Å². The number of aryl methyl sites for hydroxylation is 1. The van der Waals surface area contributed by atoms with Gasteiger partial charge >= 0.3 is 0 Å². The first-order chi connectivity index (χ1) is 9.76. The van der Waals surface area contributed by atoms with E-state index in [1.165, 1.54) is 0 Å². The van der Waals surface area contributed by atoms with Crippen LogP contribution in [0.3, 0.4) is 0 Å². The molecule has 5 nitrogen and oxygen atoms in total. The summed E-state index contributed by atoms with van der Waals surface area (Å²) in [5, 5.41) is 6.86. The Morgan fingerprint density at radius 1 is 1.35 bits per heavy atom. The van der Waals surface area contributed by atoms with Crippen LogP contribution in [0.4, 0.5) is 0 Å². The SMILES string of the molecule is CCc1nnsc1C(=O)NCc1ccccc1COC. The Morgan fingerprint density at radius 3 is 2.80 bits per heavy atom. The molecule has 0 radical (unpaired) electrons. The third kappa shape index (κ3) is 3.40. The first-order valence-corrected chi connectivity index (χ1v) is 7.18. The van der Waals surface area contributed by atoms with Gasteiger partial charge in [0.05, 0.1) is 12.3 Å². The Hall–Kier alpha value is -1.79. The van der Waals surface area contributed by atoms with Gasteiger partial charge in [0.25, 0.3) is 5.91 Å². The number of hydrogen-bond acceptors (Lipinski definition) is 5. The van der Waals surface area contributed by atoms with E-state index in [4.69, 9.17) is 4.74 Å². The molecule has 0 fully saturated rings. The van der Waals surface area contributed by atoms with E-state index in [-0.39, 0.29) is 5.91 Å². The predicted molar refractivity (Wildman–Crippen MR) is 77.6 cm³/mol. The van der Waals surface area contributed by atoms with Crippen LogP contribution < -0.4 is 5.32 Å². The molecule has 2 aromatic rings. The quantitative estimate of drug-likeness (QED) is 0.886. The lowest BCUT2D eigenvalue weighted by Gasteiger charge is -2.09. The van der Waals surface area contributed by atoms with Crippen LogP contribution in [0.25, 0.3) is 0 Å². The maximum absolute atomic E-state index is 12.1. The Balaban J connectivity index is 2.04. The van der Waals surface area contributed by atoms with Crippen molar-refractivity contribution in [3.8, 4) is 0 Å². The second-order valence-electron chi connectivity index (χ2n) is 4.29. The molecular weight excluding hydrogens is 274 g/mol. The van der Waals surface area contributed by atoms with Crippen LogP contribution in [-0.4, -0.2) is 22.6 Å². The van der Waals surface area contributed by atoms with E-state index in [0.717, 1.165) is 28.4 Å². The standard InChI is InChI=1S/C14H17N3O2S/c1-3-12-13(20-17-16-12)14(18)15-8-10-6-4-5-7-11(10)9-19-2/h4-7H,3,8-9H2,1-2H3,(H,15,18). The van der Waals surface area contributed by atoms with Crippen LogP contribution in [0.5, 0.6) is 0 Å². The second-order valence-corrected chi connectivity index (χ2v) is 5.04. The zero-order valence-electron chi connectivity index (χ0n) is 11.5. The van der Waals surface area contributed by atoms with Gasteiger partial charge in [0.1, 0.15) is 4.88 Å². The third-order valence-corrected chi connectivity index (χ3v) is 3.72. The monoisotopic (exact) mass is 291 g/mol. The van der Waals surface area contributed by atoms with E-state index in [2.05, 4.69) is 14.9 Å². The number of ether oxygens (including phenoxy) is 1. The number of methoxy groups -OCH3 is 1. The average Bonchev–Trinajstić information content (AvgIpc) is 2.95. The Labute approximate surface area is 122 Å². The molecule has 1 aromatic heterocycles. The summed E-state index contributed by atoms with van der Waals surface area (Å²) in [4.78, 5) is 12.7. The van der Waals surface area contributed by atoms with Gasteiger partial charge in [-0.1, -0.05) is 35.7 Å². The molecule has 0 aliphatic rings. The number of nitrogens with zero attached hydrogens (tertiary/aromatic N) is 2. The zero-order valence-corrected chi connectivity index (χ0v) is 12.4. The maximum Gasteiger partial charge on any atom is 0.265 e. The lowest BCUT2D eigenvalue weighted by molar-refractivity contribution is 0.0953. The summed E-state index contributed by atoms with van der Waals surface area (Å²) in [6, 6.07) is 7.89. The van der Waals surface area contributed by atoms with E-state index in [9.17, 15) is 4.79 Å². The summed E-state index contributed by atoms with van der Waals surface area (Å²) < 4.78 is 8.98. The van der Waals surface area contributed by atoms with Gasteiger partial charge in [-0.3, -0.25) is 4.79 Å². The van der Waals surface area contributed by atoms with Gasteiger partial charge in [0.15, 0.2) is 0 Å². The molecule has 1 N–H and O–H groups in total. The van der Waals surface area contributed by atoms with Gasteiger partial charge in [-0.25, -0.2) is 0 Å². The van der Waals surface area contributed by atoms with Crippen LogP contribution in [0, 0.1) is 0 Å². The molecule has 1 aromatic carbocycles. The minimum atomic E-state index is -0.121. The molecular formula is C14H17N3O2S. The van der Waals surface area contributed by atoms with Crippen molar-refractivity contribution < 1.29 is 9.53 Å². The van der Waals surface area contributed by atoms with E-state index < -0.39 is 0 Å². The normalized spacial score (nSPS) is 10.5. The fraction of sp³-hybridized carbons (Fsp3) is 0.357. The van der Waals surface area contributed by atoms with Crippen LogP contribution in [-0.2, 0) is 24.3 Å². The summed E-state index contributed by atoms with van der Waals surface area (Å²) in [6.07, 6.45) is 0.708. The van der Waals surface area contributed by atoms with Crippen LogP contribution in [0.2, 0.25) is 0 Å². The van der Waals surface area contributed by atoms with Crippen molar-refractivity contribution >= 4 is 17.4 Å². The first kappa shape index (κ1) is 14.6. The molecule has 0 aliphatic carbocycles. The minimum Gasteiger partial charge on any atom is -0.380 e. The van der Waals surface area contributed by atoms with Crippen molar-refractivity contribution in [2.75, 3.05) is 7.11 Å². The second kappa shape index (κ2) is 7.12. The van der Waals surface area contributed by atoms with Crippen molar-refractivity contribution in [1.82, 2.24) is 14.9 Å². The van der Waals surface area contributed by atoms with Gasteiger partial charge in [0.2, 0.25) is 0 Å². The highest BCUT2D eigenvalue weighted by Gasteiger charge is 2.14. The highest BCUT2D eigenvalue weighted by Crippen LogP contribution is 2.13. The summed E-state index contributed by atoms with van der Waals surface area (Å²) >= 11 is 1.13. The molecule has 106 valence electrons. The fourth-order valence-electron chi connectivity index (χ4n) is 1.89. The molecule has 6 heteroatoms. The lowest BCUT2D eigenvalue weighted by atomic mass is 10.1. The van der Waals surface area contributed by atoms with E-state index in [0.29, 0.717) is 24.4 Å². The topological polar surface area (TPSA) is 64.1 Å². The molecule has 0 aliphatic heterocycles. The summed E-state index contributed by atoms with van der Waals surface area (Å²) in [6.45, 7) is 2.97. The first-order valence-electron chi connectivity index (χ1n) is 6.41. The van der Waals surface area contributed by atoms with Gasteiger partial charge in [0, 0.05) is 13.7 Å². The minimum absolute atomic E-state index is 0.121. The van der Waals surface area contributed by atoms with E-state index >= 15 is 0 Å². The maximum atomic E-state index is 12.1. The number of hydrogen-bond donors (Lipinski definition) is 1. The summed E-state index contributed by atoms with van der Waals surface area (Å²) in [5.74, 6) is -0.121. The Bertz CT molecular complexity index is 583. The highest BCUT2D eigenvalue weighted by molar-refractivity contribution is 7.08. The molecule has 0 unspecified atom stereocenters. The van der Waals surface area contributed by atoms with Gasteiger partial charge < -0.3 is 10.1 Å². The number of aromatic nitrogens is 2. The van der Waals surface area contributed by atoms with Crippen LogP contribution in [0.1, 0.15) is 33.4 Å². The van der Waals surface area contributed by atoms with Crippen molar-refractivity contribution in [2.24, 2.45) is 0 Å². The Morgan fingerprint density at radius 2 is 2.10 bits per heavy atom. The van der Waals surface area contributed by atoms with Crippen molar-refractivity contribution in [3.63, 3.8) is 0 Å². The van der Waals surface area contributed by atoms with Crippen molar-refractivity contribution in [2.45, 2.75) is 26.5 Å². The lowest BCUT2D eigenvalue weighted by Crippen LogP contribution is -2.23. The van der Waals surface area contributed by atoms with Gasteiger partial charge in [-0.05, 0) is 29.1 Å². The zero-order chi connectivity index (χ0) is 14.4. The summed E-state index contributed by atoms with van der Waals surface area (Å²) in [7, 11) is 1.66. The number of carbonyl (C=O) groups excluding carboxylic acids is 1. The summed E-state index contributed by atoms with van der Waals surface area (Å²) in [5.41, 5.74) is 2.88. The largest absolute Gasteiger partial charge is 0.380 e. The molecule has 0 saturated heterocycles. The molecule has 2 rings (SSSR count). The molecule has 1 heterocycles. The Kier molecular flexibility index (Phi) is 5.20. The molecule has 20 heavy (non-hydrogen) atoms. The predicted octanol–water partition coefficient (Wildman–Crippen LogP) is 2.18. The number of nitrogens with one attached hydrogen (secondary N) is 1. The molecule has 1 amide bonds. The smallest absolute Gasteiger partial charge is 0.265 e. The number of amides is 1. The van der Waals surface area contributed by atoms with Crippen LogP contribution >= 0.6 is 11.5 Å². The average molecular weight is 291 g/mol. The molecule has 0 spiro atoms. The fourth-order valence-corrected chi connectivity index (χ4v) is 2.56. The molecule has 0 bridgehead atoms. The van der Waals surface area contributed by atoms with E-state index in [1.54, 1.807) is 7.11 Å². The van der Waals surface area contributed by atoms with Crippen molar-refractivity contribution in [3.05, 3.63) is 46.0 Å². The van der Waals surface area contributed by atoms with Crippen molar-refractivity contribution in [1.29, 1.82) is 0 Å². The third-order valence-electron chi connectivity index (χ3n) is 2.95. The molecule has 0 saturated carbocycles. The molecule has 0 atom stereocenters. The van der Waals surface area contributed by atoms with Crippen LogP contribution in [0.15, 0.2) is 24.3 Å². The highest BCUT2D eigenvalue weighted by atomic mass is 32.1. The van der Waals surface area contributed by atoms with Gasteiger partial charge in [-0.2, -0.15) is 0 Å².